The minimum absolute atomic E-state index is 0.188. The molecule has 1 unspecified atom stereocenters. The van der Waals surface area contributed by atoms with Gasteiger partial charge in [0.15, 0.2) is 0 Å². The summed E-state index contributed by atoms with van der Waals surface area (Å²) in [6, 6.07) is 0.188. The van der Waals surface area contributed by atoms with Crippen molar-refractivity contribution in [2.45, 2.75) is 25.3 Å². The van der Waals surface area contributed by atoms with Crippen molar-refractivity contribution < 1.29 is 0 Å². The van der Waals surface area contributed by atoms with E-state index in [0.29, 0.717) is 0 Å². The maximum absolute atomic E-state index is 5.64. The molecule has 1 fully saturated rings. The van der Waals surface area contributed by atoms with Crippen LogP contribution in [0.5, 0.6) is 0 Å². The number of rotatable bonds is 4. The Labute approximate surface area is 101 Å². The number of hydrogen-bond acceptors (Lipinski definition) is 4. The van der Waals surface area contributed by atoms with Crippen LogP contribution in [0.25, 0.3) is 0 Å². The zero-order chi connectivity index (χ0) is 11.4. The van der Waals surface area contributed by atoms with Crippen molar-refractivity contribution in [3.63, 3.8) is 0 Å². The second-order valence-electron chi connectivity index (χ2n) is 4.41. The van der Waals surface area contributed by atoms with Gasteiger partial charge in [0.2, 0.25) is 0 Å². The fraction of sp³-hybridized carbons (Fsp3) is 0.727. The normalized spacial score (nSPS) is 19.9. The van der Waals surface area contributed by atoms with E-state index in [2.05, 4.69) is 22.2 Å². The first-order valence-electron chi connectivity index (χ1n) is 5.82. The molecule has 0 aromatic carbocycles. The van der Waals surface area contributed by atoms with Crippen LogP contribution < -0.4 is 11.3 Å². The van der Waals surface area contributed by atoms with Gasteiger partial charge < -0.3 is 4.57 Å². The Bertz CT molecular complexity index is 320. The summed E-state index contributed by atoms with van der Waals surface area (Å²) < 4.78 is 2.04. The lowest BCUT2D eigenvalue weighted by Crippen LogP contribution is -2.32. The number of nitrogens with one attached hydrogen (secondary N) is 1. The molecule has 4 nitrogen and oxygen atoms in total. The number of hydrazine groups is 1. The van der Waals surface area contributed by atoms with Crippen LogP contribution >= 0.6 is 11.8 Å². The minimum atomic E-state index is 0.188. The van der Waals surface area contributed by atoms with Crippen LogP contribution in [0.3, 0.4) is 0 Å². The Hall–Kier alpha value is -0.520. The highest BCUT2D eigenvalue weighted by molar-refractivity contribution is 7.99. The van der Waals surface area contributed by atoms with E-state index in [1.165, 1.54) is 24.3 Å². The fourth-order valence-electron chi connectivity index (χ4n) is 2.28. The first-order valence-corrected chi connectivity index (χ1v) is 6.98. The van der Waals surface area contributed by atoms with Gasteiger partial charge >= 0.3 is 0 Å². The molecule has 1 aliphatic rings. The number of aromatic nitrogens is 2. The molecular formula is C11H20N4S. The lowest BCUT2D eigenvalue weighted by atomic mass is 9.94. The molecule has 2 heterocycles. The van der Waals surface area contributed by atoms with Crippen LogP contribution in [-0.2, 0) is 7.05 Å². The monoisotopic (exact) mass is 240 g/mol. The molecule has 90 valence electrons. The number of nitrogens with zero attached hydrogens (tertiary/aromatic N) is 2. The summed E-state index contributed by atoms with van der Waals surface area (Å²) in [6.07, 6.45) is 7.52. The van der Waals surface area contributed by atoms with Gasteiger partial charge in [-0.1, -0.05) is 0 Å². The van der Waals surface area contributed by atoms with Gasteiger partial charge in [0.1, 0.15) is 5.82 Å². The first-order chi connectivity index (χ1) is 7.81. The Morgan fingerprint density at radius 1 is 1.62 bits per heavy atom. The van der Waals surface area contributed by atoms with E-state index in [9.17, 15) is 0 Å². The topological polar surface area (TPSA) is 55.9 Å². The molecule has 16 heavy (non-hydrogen) atoms. The van der Waals surface area contributed by atoms with Gasteiger partial charge in [-0.25, -0.2) is 10.4 Å². The second-order valence-corrected chi connectivity index (χ2v) is 5.63. The third-order valence-corrected chi connectivity index (χ3v) is 4.33. The summed E-state index contributed by atoms with van der Waals surface area (Å²) in [6.45, 7) is 0. The lowest BCUT2D eigenvalue weighted by molar-refractivity contribution is 0.359. The first kappa shape index (κ1) is 12.0. The molecule has 0 bridgehead atoms. The number of aryl methyl sites for hydroxylation is 1. The Kier molecular flexibility index (Phi) is 4.26. The number of imidazole rings is 1. The maximum Gasteiger partial charge on any atom is 0.126 e. The molecule has 0 aliphatic carbocycles. The van der Waals surface area contributed by atoms with Gasteiger partial charge in [-0.15, -0.1) is 0 Å². The van der Waals surface area contributed by atoms with Crippen molar-refractivity contribution in [1.82, 2.24) is 15.0 Å². The van der Waals surface area contributed by atoms with E-state index in [-0.39, 0.29) is 6.04 Å². The summed E-state index contributed by atoms with van der Waals surface area (Å²) in [5.74, 6) is 10.1. The van der Waals surface area contributed by atoms with Crippen LogP contribution in [0.1, 0.15) is 31.1 Å². The molecule has 1 atom stereocenters. The summed E-state index contributed by atoms with van der Waals surface area (Å²) >= 11 is 2.06. The minimum Gasteiger partial charge on any atom is -0.337 e. The van der Waals surface area contributed by atoms with E-state index in [0.717, 1.165) is 18.2 Å². The van der Waals surface area contributed by atoms with Crippen molar-refractivity contribution >= 4 is 11.8 Å². The molecule has 1 aromatic rings. The summed E-state index contributed by atoms with van der Waals surface area (Å²) in [5.41, 5.74) is 2.90. The number of hydrogen-bond donors (Lipinski definition) is 2. The van der Waals surface area contributed by atoms with Gasteiger partial charge in [0.25, 0.3) is 0 Å². The van der Waals surface area contributed by atoms with Crippen molar-refractivity contribution in [2.75, 3.05) is 11.5 Å². The van der Waals surface area contributed by atoms with E-state index < -0.39 is 0 Å². The van der Waals surface area contributed by atoms with Crippen LogP contribution in [0.15, 0.2) is 12.4 Å². The molecule has 1 aromatic heterocycles. The van der Waals surface area contributed by atoms with Crippen LogP contribution in [-0.4, -0.2) is 21.1 Å². The summed E-state index contributed by atoms with van der Waals surface area (Å²) in [4.78, 5) is 4.37. The highest BCUT2D eigenvalue weighted by atomic mass is 32.2. The zero-order valence-electron chi connectivity index (χ0n) is 9.72. The lowest BCUT2D eigenvalue weighted by Gasteiger charge is -2.25. The van der Waals surface area contributed by atoms with E-state index in [1.54, 1.807) is 0 Å². The molecule has 0 radical (unpaired) electrons. The van der Waals surface area contributed by atoms with Crippen molar-refractivity contribution in [1.29, 1.82) is 0 Å². The van der Waals surface area contributed by atoms with E-state index >= 15 is 0 Å². The van der Waals surface area contributed by atoms with Gasteiger partial charge in [-0.3, -0.25) is 5.84 Å². The Morgan fingerprint density at radius 2 is 2.38 bits per heavy atom. The smallest absolute Gasteiger partial charge is 0.126 e. The molecule has 1 saturated heterocycles. The number of thioether (sulfide) groups is 1. The van der Waals surface area contributed by atoms with E-state index in [4.69, 9.17) is 5.84 Å². The van der Waals surface area contributed by atoms with Crippen LogP contribution in [0.2, 0.25) is 0 Å². The predicted molar refractivity (Wildman–Crippen MR) is 67.9 cm³/mol. The molecule has 1 aliphatic heterocycles. The fourth-order valence-corrected chi connectivity index (χ4v) is 3.48. The highest BCUT2D eigenvalue weighted by Gasteiger charge is 2.21. The standard InChI is InChI=1S/C11H20N4S/c1-15-5-4-13-11(15)10(14-12)8-9-2-6-16-7-3-9/h4-5,9-10,14H,2-3,6-8,12H2,1H3. The summed E-state index contributed by atoms with van der Waals surface area (Å²) in [5, 5.41) is 0. The molecule has 0 amide bonds. The molecule has 0 spiro atoms. The predicted octanol–water partition coefficient (Wildman–Crippen LogP) is 1.46. The van der Waals surface area contributed by atoms with Gasteiger partial charge in [0, 0.05) is 19.4 Å². The largest absolute Gasteiger partial charge is 0.337 e. The quantitative estimate of drug-likeness (QED) is 0.618. The van der Waals surface area contributed by atoms with Crippen LogP contribution in [0.4, 0.5) is 0 Å². The van der Waals surface area contributed by atoms with Crippen molar-refractivity contribution in [3.8, 4) is 0 Å². The molecule has 2 rings (SSSR count). The SMILES string of the molecule is Cn1ccnc1C(CC1CCSCC1)NN. The molecular weight excluding hydrogens is 220 g/mol. The third kappa shape index (κ3) is 2.78. The van der Waals surface area contributed by atoms with Gasteiger partial charge in [-0.2, -0.15) is 11.8 Å². The average Bonchev–Trinajstić information content (AvgIpc) is 2.74. The second kappa shape index (κ2) is 5.70. The van der Waals surface area contributed by atoms with Crippen LogP contribution in [0, 0.1) is 5.92 Å². The average molecular weight is 240 g/mol. The van der Waals surface area contributed by atoms with Crippen molar-refractivity contribution in [2.24, 2.45) is 18.8 Å². The highest BCUT2D eigenvalue weighted by Crippen LogP contribution is 2.29. The Morgan fingerprint density at radius 3 is 2.94 bits per heavy atom. The number of nitrogens with two attached hydrogens (primary N) is 1. The van der Waals surface area contributed by atoms with Gasteiger partial charge in [0.05, 0.1) is 6.04 Å². The third-order valence-electron chi connectivity index (χ3n) is 3.28. The van der Waals surface area contributed by atoms with E-state index in [1.807, 2.05) is 24.0 Å². The van der Waals surface area contributed by atoms with Crippen molar-refractivity contribution in [3.05, 3.63) is 18.2 Å². The molecule has 0 saturated carbocycles. The van der Waals surface area contributed by atoms with Gasteiger partial charge in [-0.05, 0) is 36.7 Å². The molecule has 5 heteroatoms. The summed E-state index contributed by atoms with van der Waals surface area (Å²) in [7, 11) is 2.02. The maximum atomic E-state index is 5.64. The zero-order valence-corrected chi connectivity index (χ0v) is 10.5. The Balaban J connectivity index is 1.97. The molecule has 3 N–H and O–H groups in total.